The third-order valence-corrected chi connectivity index (χ3v) is 1.91. The molecule has 0 saturated heterocycles. The molecule has 0 spiro atoms. The van der Waals surface area contributed by atoms with Crippen LogP contribution in [0.5, 0.6) is 0 Å². The maximum Gasteiger partial charge on any atom is 0.371 e. The molecule has 66 valence electrons. The Bertz CT molecular complexity index is 452. The van der Waals surface area contributed by atoms with Crippen LogP contribution in [0.2, 0.25) is 0 Å². The van der Waals surface area contributed by atoms with Crippen LogP contribution in [-0.4, -0.2) is 16.2 Å². The van der Waals surface area contributed by atoms with Crippen molar-refractivity contribution in [2.75, 3.05) is 0 Å². The van der Waals surface area contributed by atoms with Gasteiger partial charge in [0.2, 0.25) is 0 Å². The topological polar surface area (TPSA) is 55.0 Å². The van der Waals surface area contributed by atoms with E-state index in [0.29, 0.717) is 0 Å². The molecule has 1 heterocycles. The number of para-hydroxylation sites is 1. The molecule has 5 heteroatoms. The number of nitrogens with one attached hydrogen (secondary N) is 1. The molecule has 0 radical (unpaired) electrons. The number of thiol groups is 1. The minimum Gasteiger partial charge on any atom is -0.390 e. The number of carbonyl (C=O) groups is 1. The van der Waals surface area contributed by atoms with Gasteiger partial charge in [0.05, 0.1) is 5.52 Å². The van der Waals surface area contributed by atoms with Gasteiger partial charge in [0.1, 0.15) is 0 Å². The van der Waals surface area contributed by atoms with E-state index in [9.17, 15) is 4.79 Å². The Labute approximate surface area is 79.5 Å². The van der Waals surface area contributed by atoms with E-state index >= 15 is 0 Å². The average molecular weight is 194 g/mol. The molecule has 0 aliphatic rings. The summed E-state index contributed by atoms with van der Waals surface area (Å²) in [7, 11) is 0. The molecule has 1 N–H and O–H groups in total. The predicted octanol–water partition coefficient (Wildman–Crippen LogP) is 1.56. The lowest BCUT2D eigenvalue weighted by Crippen LogP contribution is -1.98. The third kappa shape index (κ3) is 1.27. The summed E-state index contributed by atoms with van der Waals surface area (Å²) >= 11 is 3.42. The molecule has 0 amide bonds. The maximum absolute atomic E-state index is 11.1. The van der Waals surface area contributed by atoms with E-state index in [4.69, 9.17) is 0 Å². The second-order valence-electron chi connectivity index (χ2n) is 2.50. The Balaban J connectivity index is 2.64. The third-order valence-electron chi connectivity index (χ3n) is 1.75. The molecular formula is C8H6N2O2S. The first kappa shape index (κ1) is 8.12. The van der Waals surface area contributed by atoms with Crippen molar-refractivity contribution >= 4 is 29.8 Å². The van der Waals surface area contributed by atoms with E-state index < -0.39 is 5.97 Å². The molecule has 1 aromatic carbocycles. The van der Waals surface area contributed by atoms with Crippen LogP contribution in [0.4, 0.5) is 0 Å². The fourth-order valence-corrected chi connectivity index (χ4v) is 1.25. The molecule has 0 bridgehead atoms. The normalized spacial score (nSPS) is 10.2. The van der Waals surface area contributed by atoms with Gasteiger partial charge in [-0.05, 0) is 6.07 Å². The standard InChI is InChI=1S/C8H6N2O2S/c11-8(12-13)7-5-3-1-2-4-6(5)9-10-7/h1-4,13H,(H,9,10). The van der Waals surface area contributed by atoms with Crippen molar-refractivity contribution in [2.24, 2.45) is 0 Å². The molecule has 0 aliphatic heterocycles. The summed E-state index contributed by atoms with van der Waals surface area (Å²) in [5, 5.41) is 7.27. The zero-order valence-corrected chi connectivity index (χ0v) is 7.41. The molecule has 0 fully saturated rings. The molecule has 0 aliphatic carbocycles. The number of carbonyl (C=O) groups excluding carboxylic acids is 1. The van der Waals surface area contributed by atoms with E-state index in [-0.39, 0.29) is 5.69 Å². The van der Waals surface area contributed by atoms with E-state index in [2.05, 4.69) is 27.3 Å². The van der Waals surface area contributed by atoms with Crippen LogP contribution in [0.3, 0.4) is 0 Å². The lowest BCUT2D eigenvalue weighted by atomic mass is 10.2. The molecule has 0 atom stereocenters. The second kappa shape index (κ2) is 3.10. The number of rotatable bonds is 1. The van der Waals surface area contributed by atoms with E-state index in [1.807, 2.05) is 18.2 Å². The van der Waals surface area contributed by atoms with Crippen LogP contribution in [0.1, 0.15) is 10.5 Å². The van der Waals surface area contributed by atoms with Gasteiger partial charge in [0.25, 0.3) is 0 Å². The number of fused-ring (bicyclic) bond motifs is 1. The molecule has 1 aromatic heterocycles. The van der Waals surface area contributed by atoms with Gasteiger partial charge in [-0.1, -0.05) is 18.2 Å². The fourth-order valence-electron chi connectivity index (χ4n) is 1.16. The van der Waals surface area contributed by atoms with Gasteiger partial charge in [0, 0.05) is 18.3 Å². The van der Waals surface area contributed by atoms with Gasteiger partial charge >= 0.3 is 5.97 Å². The number of hydrogen-bond donors (Lipinski definition) is 2. The van der Waals surface area contributed by atoms with E-state index in [0.717, 1.165) is 10.9 Å². The van der Waals surface area contributed by atoms with Crippen LogP contribution in [-0.2, 0) is 4.18 Å². The van der Waals surface area contributed by atoms with Crippen molar-refractivity contribution in [3.63, 3.8) is 0 Å². The van der Waals surface area contributed by atoms with Crippen molar-refractivity contribution in [1.29, 1.82) is 0 Å². The predicted molar refractivity (Wildman–Crippen MR) is 50.5 cm³/mol. The first-order valence-corrected chi connectivity index (χ1v) is 3.98. The van der Waals surface area contributed by atoms with Crippen molar-refractivity contribution in [2.45, 2.75) is 0 Å². The monoisotopic (exact) mass is 194 g/mol. The van der Waals surface area contributed by atoms with Gasteiger partial charge in [-0.15, -0.1) is 0 Å². The van der Waals surface area contributed by atoms with Crippen LogP contribution in [0.25, 0.3) is 10.9 Å². The van der Waals surface area contributed by atoms with Crippen LogP contribution in [0, 0.1) is 0 Å². The second-order valence-corrected chi connectivity index (χ2v) is 2.68. The Morgan fingerprint density at radius 1 is 1.46 bits per heavy atom. The molecule has 2 rings (SSSR count). The minimum absolute atomic E-state index is 0.255. The summed E-state index contributed by atoms with van der Waals surface area (Å²) in [6.07, 6.45) is 0. The van der Waals surface area contributed by atoms with Crippen molar-refractivity contribution < 1.29 is 8.98 Å². The SMILES string of the molecule is O=C(OS)c1n[nH]c2ccccc12. The van der Waals surface area contributed by atoms with Crippen LogP contribution >= 0.6 is 12.9 Å². The quantitative estimate of drug-likeness (QED) is 0.535. The Hall–Kier alpha value is -1.49. The van der Waals surface area contributed by atoms with Crippen LogP contribution < -0.4 is 0 Å². The first-order chi connectivity index (χ1) is 6.33. The maximum atomic E-state index is 11.1. The highest BCUT2D eigenvalue weighted by Gasteiger charge is 2.13. The summed E-state index contributed by atoms with van der Waals surface area (Å²) in [4.78, 5) is 11.1. The highest BCUT2D eigenvalue weighted by atomic mass is 32.1. The summed E-state index contributed by atoms with van der Waals surface area (Å²) in [5.41, 5.74) is 1.06. The smallest absolute Gasteiger partial charge is 0.371 e. The number of aromatic nitrogens is 2. The van der Waals surface area contributed by atoms with Gasteiger partial charge in [-0.2, -0.15) is 5.10 Å². The first-order valence-electron chi connectivity index (χ1n) is 3.62. The zero-order valence-electron chi connectivity index (χ0n) is 6.52. The molecule has 13 heavy (non-hydrogen) atoms. The Kier molecular flexibility index (Phi) is 1.94. The number of aromatic amines is 1. The van der Waals surface area contributed by atoms with Crippen LogP contribution in [0.15, 0.2) is 24.3 Å². The summed E-state index contributed by atoms with van der Waals surface area (Å²) in [6.45, 7) is 0. The average Bonchev–Trinajstić information content (AvgIpc) is 2.60. The summed E-state index contributed by atoms with van der Waals surface area (Å²) in [6, 6.07) is 7.31. The van der Waals surface area contributed by atoms with Gasteiger partial charge in [-0.3, -0.25) is 5.10 Å². The lowest BCUT2D eigenvalue weighted by molar-refractivity contribution is 0.0768. The van der Waals surface area contributed by atoms with Crippen molar-refractivity contribution in [3.05, 3.63) is 30.0 Å². The summed E-state index contributed by atoms with van der Waals surface area (Å²) in [5.74, 6) is -0.555. The Morgan fingerprint density at radius 3 is 3.00 bits per heavy atom. The molecule has 0 unspecified atom stereocenters. The number of nitrogens with zero attached hydrogens (tertiary/aromatic N) is 1. The van der Waals surface area contributed by atoms with Gasteiger partial charge in [-0.25, -0.2) is 4.79 Å². The van der Waals surface area contributed by atoms with Crippen molar-refractivity contribution in [3.8, 4) is 0 Å². The molecule has 2 aromatic rings. The number of hydrogen-bond acceptors (Lipinski definition) is 4. The number of benzene rings is 1. The lowest BCUT2D eigenvalue weighted by Gasteiger charge is -1.91. The molecule has 0 saturated carbocycles. The van der Waals surface area contributed by atoms with E-state index in [1.165, 1.54) is 0 Å². The minimum atomic E-state index is -0.555. The fraction of sp³-hybridized carbons (Fsp3) is 0. The van der Waals surface area contributed by atoms with Gasteiger partial charge < -0.3 is 4.18 Å². The largest absolute Gasteiger partial charge is 0.390 e. The van der Waals surface area contributed by atoms with Gasteiger partial charge in [0.15, 0.2) is 5.69 Å². The zero-order chi connectivity index (χ0) is 9.26. The highest BCUT2D eigenvalue weighted by molar-refractivity contribution is 7.75. The summed E-state index contributed by atoms with van der Waals surface area (Å²) < 4.78 is 4.28. The van der Waals surface area contributed by atoms with E-state index in [1.54, 1.807) is 6.07 Å². The Morgan fingerprint density at radius 2 is 2.23 bits per heavy atom. The highest BCUT2D eigenvalue weighted by Crippen LogP contribution is 2.15. The van der Waals surface area contributed by atoms with Crippen molar-refractivity contribution in [1.82, 2.24) is 10.2 Å². The molecular weight excluding hydrogens is 188 g/mol. The molecule has 4 nitrogen and oxygen atoms in total. The number of H-pyrrole nitrogens is 1.